The van der Waals surface area contributed by atoms with Crippen molar-refractivity contribution >= 4 is 11.6 Å². The summed E-state index contributed by atoms with van der Waals surface area (Å²) < 4.78 is 15.8. The lowest BCUT2D eigenvalue weighted by Crippen LogP contribution is -2.32. The van der Waals surface area contributed by atoms with Gasteiger partial charge in [0.1, 0.15) is 5.82 Å². The third-order valence-electron chi connectivity index (χ3n) is 4.71. The summed E-state index contributed by atoms with van der Waals surface area (Å²) >= 11 is 0. The zero-order valence-electron chi connectivity index (χ0n) is 13.8. The lowest BCUT2D eigenvalue weighted by Gasteiger charge is -2.27. The molecule has 0 aliphatic carbocycles. The van der Waals surface area contributed by atoms with Gasteiger partial charge in [-0.2, -0.15) is 0 Å². The Morgan fingerprint density at radius 2 is 2.25 bits per heavy atom. The summed E-state index contributed by atoms with van der Waals surface area (Å²) in [5.41, 5.74) is 0.896. The largest absolute Gasteiger partial charge is 0.326 e. The molecule has 1 aromatic carbocycles. The van der Waals surface area contributed by atoms with Crippen LogP contribution in [0.3, 0.4) is 0 Å². The van der Waals surface area contributed by atoms with Gasteiger partial charge in [0.15, 0.2) is 0 Å². The van der Waals surface area contributed by atoms with Gasteiger partial charge in [-0.3, -0.25) is 4.79 Å². The van der Waals surface area contributed by atoms with Gasteiger partial charge in [0.25, 0.3) is 0 Å². The summed E-state index contributed by atoms with van der Waals surface area (Å²) in [5.74, 6) is 0.465. The minimum atomic E-state index is -0.391. The van der Waals surface area contributed by atoms with Crippen molar-refractivity contribution in [2.75, 3.05) is 18.4 Å². The number of nitrogens with zero attached hydrogens (tertiary/aromatic N) is 2. The average molecular weight is 330 g/mol. The van der Waals surface area contributed by atoms with Crippen LogP contribution in [0.25, 0.3) is 5.69 Å². The quantitative estimate of drug-likeness (QED) is 0.886. The minimum absolute atomic E-state index is 0.0594. The number of rotatable bonds is 5. The van der Waals surface area contributed by atoms with E-state index in [4.69, 9.17) is 0 Å². The zero-order chi connectivity index (χ0) is 16.9. The van der Waals surface area contributed by atoms with Gasteiger partial charge in [0.2, 0.25) is 5.91 Å². The van der Waals surface area contributed by atoms with Gasteiger partial charge in [0, 0.05) is 24.5 Å². The van der Waals surface area contributed by atoms with Gasteiger partial charge >= 0.3 is 0 Å². The van der Waals surface area contributed by atoms with Gasteiger partial charge in [-0.25, -0.2) is 9.37 Å². The standard InChI is InChI=1S/C18H23FN4O/c1-13(14-4-6-20-7-5-14)10-18(24)22-15-2-3-17(16(19)11-15)23-9-8-21-12-23/h2-3,8-9,11-14,20H,4-7,10H2,1H3,(H,22,24). The molecule has 128 valence electrons. The molecule has 5 nitrogen and oxygen atoms in total. The van der Waals surface area contributed by atoms with Gasteiger partial charge in [-0.15, -0.1) is 0 Å². The second-order valence-corrected chi connectivity index (χ2v) is 6.45. The van der Waals surface area contributed by atoms with E-state index in [9.17, 15) is 9.18 Å². The van der Waals surface area contributed by atoms with E-state index in [0.29, 0.717) is 29.6 Å². The van der Waals surface area contributed by atoms with Crippen molar-refractivity contribution in [2.24, 2.45) is 11.8 Å². The molecule has 1 fully saturated rings. The van der Waals surface area contributed by atoms with Gasteiger partial charge in [0.05, 0.1) is 12.0 Å². The second-order valence-electron chi connectivity index (χ2n) is 6.45. The molecule has 2 heterocycles. The molecule has 1 atom stereocenters. The second kappa shape index (κ2) is 7.57. The van der Waals surface area contributed by atoms with E-state index in [0.717, 1.165) is 25.9 Å². The van der Waals surface area contributed by atoms with Crippen LogP contribution in [0.5, 0.6) is 0 Å². The molecule has 6 heteroatoms. The Morgan fingerprint density at radius 3 is 2.92 bits per heavy atom. The number of imidazole rings is 1. The predicted octanol–water partition coefficient (Wildman–Crippen LogP) is 2.98. The van der Waals surface area contributed by atoms with Crippen LogP contribution in [0.2, 0.25) is 0 Å². The van der Waals surface area contributed by atoms with E-state index >= 15 is 0 Å². The number of carbonyl (C=O) groups is 1. The summed E-state index contributed by atoms with van der Waals surface area (Å²) in [6, 6.07) is 4.71. The Morgan fingerprint density at radius 1 is 1.46 bits per heavy atom. The Balaban J connectivity index is 1.59. The van der Waals surface area contributed by atoms with E-state index in [1.807, 2.05) is 0 Å². The highest BCUT2D eigenvalue weighted by atomic mass is 19.1. The Hall–Kier alpha value is -2.21. The summed E-state index contributed by atoms with van der Waals surface area (Å²) in [5, 5.41) is 6.14. The first-order valence-corrected chi connectivity index (χ1v) is 8.42. The van der Waals surface area contributed by atoms with Crippen LogP contribution >= 0.6 is 0 Å². The molecule has 0 saturated carbocycles. The highest BCUT2D eigenvalue weighted by Gasteiger charge is 2.22. The van der Waals surface area contributed by atoms with Crippen molar-refractivity contribution in [1.82, 2.24) is 14.9 Å². The van der Waals surface area contributed by atoms with Crippen molar-refractivity contribution in [3.63, 3.8) is 0 Å². The van der Waals surface area contributed by atoms with Crippen molar-refractivity contribution in [1.29, 1.82) is 0 Å². The number of halogens is 1. The molecule has 1 saturated heterocycles. The van der Waals surface area contributed by atoms with Gasteiger partial charge < -0.3 is 15.2 Å². The summed E-state index contributed by atoms with van der Waals surface area (Å²) in [4.78, 5) is 16.1. The highest BCUT2D eigenvalue weighted by molar-refractivity contribution is 5.90. The third-order valence-corrected chi connectivity index (χ3v) is 4.71. The lowest BCUT2D eigenvalue weighted by atomic mass is 9.84. The summed E-state index contributed by atoms with van der Waals surface area (Å²) in [6.07, 6.45) is 7.51. The van der Waals surface area contributed by atoms with Crippen LogP contribution < -0.4 is 10.6 Å². The maximum Gasteiger partial charge on any atom is 0.224 e. The molecule has 1 aromatic heterocycles. The number of benzene rings is 1. The molecular weight excluding hydrogens is 307 g/mol. The molecule has 0 radical (unpaired) electrons. The van der Waals surface area contributed by atoms with Crippen LogP contribution in [0.1, 0.15) is 26.2 Å². The predicted molar refractivity (Wildman–Crippen MR) is 91.5 cm³/mol. The molecule has 1 aliphatic heterocycles. The van der Waals surface area contributed by atoms with Crippen molar-refractivity contribution < 1.29 is 9.18 Å². The number of hydrogen-bond acceptors (Lipinski definition) is 3. The number of hydrogen-bond donors (Lipinski definition) is 2. The fraction of sp³-hybridized carbons (Fsp3) is 0.444. The van der Waals surface area contributed by atoms with E-state index in [-0.39, 0.29) is 5.91 Å². The number of nitrogens with one attached hydrogen (secondary N) is 2. The van der Waals surface area contributed by atoms with Gasteiger partial charge in [-0.1, -0.05) is 6.92 Å². The van der Waals surface area contributed by atoms with Crippen molar-refractivity contribution in [2.45, 2.75) is 26.2 Å². The number of carbonyl (C=O) groups excluding carboxylic acids is 1. The van der Waals surface area contributed by atoms with E-state index in [1.54, 1.807) is 29.1 Å². The number of piperidine rings is 1. The first-order chi connectivity index (χ1) is 11.6. The number of aromatic nitrogens is 2. The molecule has 2 aromatic rings. The van der Waals surface area contributed by atoms with Gasteiger partial charge in [-0.05, 0) is 56.0 Å². The zero-order valence-corrected chi connectivity index (χ0v) is 13.8. The van der Waals surface area contributed by atoms with Crippen molar-refractivity contribution in [3.05, 3.63) is 42.7 Å². The highest BCUT2D eigenvalue weighted by Crippen LogP contribution is 2.25. The fourth-order valence-corrected chi connectivity index (χ4v) is 3.28. The smallest absolute Gasteiger partial charge is 0.224 e. The molecule has 24 heavy (non-hydrogen) atoms. The first kappa shape index (κ1) is 16.6. The normalized spacial score (nSPS) is 16.8. The topological polar surface area (TPSA) is 59.0 Å². The number of anilines is 1. The maximum absolute atomic E-state index is 14.2. The Labute approximate surface area is 141 Å². The fourth-order valence-electron chi connectivity index (χ4n) is 3.28. The monoisotopic (exact) mass is 330 g/mol. The summed E-state index contributed by atoms with van der Waals surface area (Å²) in [7, 11) is 0. The SMILES string of the molecule is CC(CC(=O)Nc1ccc(-n2ccnc2)c(F)c1)C1CCNCC1. The maximum atomic E-state index is 14.2. The molecule has 0 bridgehead atoms. The minimum Gasteiger partial charge on any atom is -0.326 e. The van der Waals surface area contributed by atoms with Crippen molar-refractivity contribution in [3.8, 4) is 5.69 Å². The molecule has 1 amide bonds. The Kier molecular flexibility index (Phi) is 5.25. The van der Waals surface area contributed by atoms with Crippen LogP contribution in [0.4, 0.5) is 10.1 Å². The molecule has 0 spiro atoms. The molecule has 1 aliphatic rings. The van der Waals surface area contributed by atoms with Crippen LogP contribution in [0.15, 0.2) is 36.9 Å². The Bertz CT molecular complexity index is 680. The molecule has 3 rings (SSSR count). The third kappa shape index (κ3) is 4.00. The molecule has 2 N–H and O–H groups in total. The molecule has 1 unspecified atom stereocenters. The number of amides is 1. The molecular formula is C18H23FN4O. The first-order valence-electron chi connectivity index (χ1n) is 8.42. The van der Waals surface area contributed by atoms with E-state index < -0.39 is 5.82 Å². The van der Waals surface area contributed by atoms with Crippen LogP contribution in [-0.4, -0.2) is 28.5 Å². The van der Waals surface area contributed by atoms with E-state index in [2.05, 4.69) is 22.5 Å². The van der Waals surface area contributed by atoms with Crippen LogP contribution in [0, 0.1) is 17.7 Å². The summed E-state index contributed by atoms with van der Waals surface area (Å²) in [6.45, 7) is 4.17. The average Bonchev–Trinajstić information content (AvgIpc) is 3.10. The van der Waals surface area contributed by atoms with E-state index in [1.165, 1.54) is 12.4 Å². The lowest BCUT2D eigenvalue weighted by molar-refractivity contribution is -0.117. The van der Waals surface area contributed by atoms with Crippen LogP contribution in [-0.2, 0) is 4.79 Å².